The quantitative estimate of drug-likeness (QED) is 0.358. The largest absolute Gasteiger partial charge is 0.444 e. The fourth-order valence-electron chi connectivity index (χ4n) is 2.99. The van der Waals surface area contributed by atoms with Gasteiger partial charge in [-0.25, -0.2) is 4.79 Å². The first-order chi connectivity index (χ1) is 15.1. The lowest BCUT2D eigenvalue weighted by atomic mass is 10.0. The van der Waals surface area contributed by atoms with Gasteiger partial charge >= 0.3 is 6.09 Å². The fourth-order valence-corrected chi connectivity index (χ4v) is 2.99. The third-order valence-electron chi connectivity index (χ3n) is 4.48. The number of hydrogen-bond acceptors (Lipinski definition) is 5. The molecule has 0 aliphatic carbocycles. The van der Waals surface area contributed by atoms with Gasteiger partial charge in [0.1, 0.15) is 18.2 Å². The average Bonchev–Trinajstić information content (AvgIpc) is 2.74. The maximum atomic E-state index is 13.1. The van der Waals surface area contributed by atoms with E-state index in [-0.39, 0.29) is 25.6 Å². The number of amides is 3. The van der Waals surface area contributed by atoms with Gasteiger partial charge in [0.05, 0.1) is 6.61 Å². The number of carbonyl (C=O) groups is 3. The molecule has 8 heteroatoms. The van der Waals surface area contributed by atoms with Gasteiger partial charge in [-0.3, -0.25) is 9.59 Å². The minimum absolute atomic E-state index is 0.0846. The van der Waals surface area contributed by atoms with Crippen LogP contribution in [-0.4, -0.2) is 59.8 Å². The lowest BCUT2D eigenvalue weighted by molar-refractivity contribution is -0.140. The van der Waals surface area contributed by atoms with E-state index in [0.717, 1.165) is 19.3 Å². The van der Waals surface area contributed by atoms with Crippen LogP contribution in [0.1, 0.15) is 64.1 Å². The van der Waals surface area contributed by atoms with Gasteiger partial charge in [0.15, 0.2) is 0 Å². The molecule has 3 N–H and O–H groups in total. The normalized spacial score (nSPS) is 11.8. The van der Waals surface area contributed by atoms with E-state index in [0.29, 0.717) is 17.7 Å². The number of rotatable bonds is 11. The topological polar surface area (TPSA) is 108 Å². The molecule has 1 aromatic carbocycles. The highest BCUT2D eigenvalue weighted by Crippen LogP contribution is 2.22. The van der Waals surface area contributed by atoms with Crippen molar-refractivity contribution in [3.8, 4) is 12.3 Å². The molecule has 1 unspecified atom stereocenters. The lowest BCUT2D eigenvalue weighted by Gasteiger charge is -2.31. The zero-order valence-corrected chi connectivity index (χ0v) is 19.4. The van der Waals surface area contributed by atoms with Crippen LogP contribution < -0.4 is 10.6 Å². The molecule has 0 heterocycles. The van der Waals surface area contributed by atoms with Crippen LogP contribution in [0.2, 0.25) is 0 Å². The predicted octanol–water partition coefficient (Wildman–Crippen LogP) is 2.36. The van der Waals surface area contributed by atoms with Crippen LogP contribution in [0, 0.1) is 12.3 Å². The summed E-state index contributed by atoms with van der Waals surface area (Å²) in [5, 5.41) is 14.8. The third-order valence-corrected chi connectivity index (χ3v) is 4.48. The van der Waals surface area contributed by atoms with Crippen molar-refractivity contribution in [2.75, 3.05) is 26.2 Å². The van der Waals surface area contributed by atoms with E-state index in [1.807, 2.05) is 0 Å². The minimum atomic E-state index is -0.983. The van der Waals surface area contributed by atoms with Crippen molar-refractivity contribution in [3.05, 3.63) is 35.4 Å². The van der Waals surface area contributed by atoms with Gasteiger partial charge in [0.2, 0.25) is 11.8 Å². The Morgan fingerprint density at radius 1 is 1.16 bits per heavy atom. The zero-order valence-electron chi connectivity index (χ0n) is 19.4. The highest BCUT2D eigenvalue weighted by molar-refractivity contribution is 5.90. The van der Waals surface area contributed by atoms with Crippen LogP contribution in [-0.2, 0) is 14.3 Å². The molecule has 0 fully saturated rings. The molecule has 0 aliphatic heterocycles. The van der Waals surface area contributed by atoms with Gasteiger partial charge in [-0.2, -0.15) is 0 Å². The van der Waals surface area contributed by atoms with Crippen molar-refractivity contribution < 1.29 is 24.2 Å². The standard InChI is InChI=1S/C24H35N3O5/c1-6-8-9-14-25-22(30)21(19-12-10-18(7-2)11-13-19)27(15-16-28)20(29)17-26-23(31)32-24(3,4)5/h2,10-13,21,28H,6,8-9,14-17H2,1,3-5H3,(H,25,30)(H,26,31). The highest BCUT2D eigenvalue weighted by Gasteiger charge is 2.31. The van der Waals surface area contributed by atoms with E-state index in [4.69, 9.17) is 11.2 Å². The van der Waals surface area contributed by atoms with Crippen LogP contribution in [0.15, 0.2) is 24.3 Å². The number of carbonyl (C=O) groups excluding carboxylic acids is 3. The van der Waals surface area contributed by atoms with E-state index < -0.39 is 23.6 Å². The summed E-state index contributed by atoms with van der Waals surface area (Å²) in [6.07, 6.45) is 7.48. The lowest BCUT2D eigenvalue weighted by Crippen LogP contribution is -2.48. The second-order valence-electron chi connectivity index (χ2n) is 8.33. The molecule has 1 aromatic rings. The summed E-state index contributed by atoms with van der Waals surface area (Å²) < 4.78 is 5.15. The second kappa shape index (κ2) is 13.4. The SMILES string of the molecule is C#Cc1ccc(C(C(=O)NCCCCC)N(CCO)C(=O)CNC(=O)OC(C)(C)C)cc1. The monoisotopic (exact) mass is 445 g/mol. The Morgan fingerprint density at radius 2 is 1.81 bits per heavy atom. The van der Waals surface area contributed by atoms with Crippen molar-refractivity contribution in [1.29, 1.82) is 0 Å². The van der Waals surface area contributed by atoms with Gasteiger partial charge in [-0.05, 0) is 44.9 Å². The number of benzene rings is 1. The molecule has 0 saturated carbocycles. The number of hydrogen-bond donors (Lipinski definition) is 3. The van der Waals surface area contributed by atoms with Gasteiger partial charge in [-0.1, -0.05) is 37.8 Å². The van der Waals surface area contributed by atoms with Crippen LogP contribution in [0.25, 0.3) is 0 Å². The molecule has 0 bridgehead atoms. The van der Waals surface area contributed by atoms with Crippen molar-refractivity contribution in [2.24, 2.45) is 0 Å². The molecule has 8 nitrogen and oxygen atoms in total. The predicted molar refractivity (Wildman–Crippen MR) is 123 cm³/mol. The second-order valence-corrected chi connectivity index (χ2v) is 8.33. The van der Waals surface area contributed by atoms with Crippen molar-refractivity contribution in [1.82, 2.24) is 15.5 Å². The summed E-state index contributed by atoms with van der Waals surface area (Å²) in [4.78, 5) is 39.2. The van der Waals surface area contributed by atoms with Crippen molar-refractivity contribution >= 4 is 17.9 Å². The summed E-state index contributed by atoms with van der Waals surface area (Å²) in [5.74, 6) is 1.62. The van der Waals surface area contributed by atoms with E-state index in [1.165, 1.54) is 4.90 Å². The summed E-state index contributed by atoms with van der Waals surface area (Å²) in [6.45, 7) is 6.87. The first-order valence-corrected chi connectivity index (χ1v) is 10.8. The Labute approximate surface area is 190 Å². The van der Waals surface area contributed by atoms with Crippen molar-refractivity contribution in [3.63, 3.8) is 0 Å². The Kier molecular flexibility index (Phi) is 11.3. The Bertz CT molecular complexity index is 793. The molecular weight excluding hydrogens is 410 g/mol. The molecule has 0 radical (unpaired) electrons. The van der Waals surface area contributed by atoms with E-state index >= 15 is 0 Å². The van der Waals surface area contributed by atoms with Gasteiger partial charge in [0, 0.05) is 18.7 Å². The van der Waals surface area contributed by atoms with Crippen LogP contribution >= 0.6 is 0 Å². The molecule has 176 valence electrons. The molecular formula is C24H35N3O5. The molecule has 1 atom stereocenters. The number of aliphatic hydroxyl groups excluding tert-OH is 1. The maximum Gasteiger partial charge on any atom is 0.408 e. The molecule has 32 heavy (non-hydrogen) atoms. The number of nitrogens with zero attached hydrogens (tertiary/aromatic N) is 1. The third kappa shape index (κ3) is 9.40. The first kappa shape index (κ1) is 27.0. The van der Waals surface area contributed by atoms with Crippen LogP contribution in [0.4, 0.5) is 4.79 Å². The van der Waals surface area contributed by atoms with E-state index in [9.17, 15) is 19.5 Å². The molecule has 0 spiro atoms. The first-order valence-electron chi connectivity index (χ1n) is 10.8. The fraction of sp³-hybridized carbons (Fsp3) is 0.542. The Hall–Kier alpha value is -3.05. The molecule has 1 rings (SSSR count). The molecule has 0 aromatic heterocycles. The minimum Gasteiger partial charge on any atom is -0.444 e. The highest BCUT2D eigenvalue weighted by atomic mass is 16.6. The smallest absolute Gasteiger partial charge is 0.408 e. The zero-order chi connectivity index (χ0) is 24.1. The van der Waals surface area contributed by atoms with Crippen LogP contribution in [0.3, 0.4) is 0 Å². The summed E-state index contributed by atoms with van der Waals surface area (Å²) in [7, 11) is 0. The molecule has 3 amide bonds. The number of alkyl carbamates (subject to hydrolysis) is 1. The average molecular weight is 446 g/mol. The Balaban J connectivity index is 3.08. The summed E-state index contributed by atoms with van der Waals surface area (Å²) in [6, 6.07) is 5.76. The summed E-state index contributed by atoms with van der Waals surface area (Å²) >= 11 is 0. The van der Waals surface area contributed by atoms with Crippen LogP contribution in [0.5, 0.6) is 0 Å². The summed E-state index contributed by atoms with van der Waals surface area (Å²) in [5.41, 5.74) is 0.482. The maximum absolute atomic E-state index is 13.1. The number of unbranched alkanes of at least 4 members (excludes halogenated alkanes) is 2. The molecule has 0 saturated heterocycles. The van der Waals surface area contributed by atoms with E-state index in [1.54, 1.807) is 45.0 Å². The molecule has 0 aliphatic rings. The number of terminal acetylenes is 1. The van der Waals surface area contributed by atoms with E-state index in [2.05, 4.69) is 23.5 Å². The van der Waals surface area contributed by atoms with Gasteiger partial charge in [-0.15, -0.1) is 6.42 Å². The number of ether oxygens (including phenoxy) is 1. The number of aliphatic hydroxyl groups is 1. The van der Waals surface area contributed by atoms with Gasteiger partial charge < -0.3 is 25.4 Å². The van der Waals surface area contributed by atoms with Crippen molar-refractivity contribution in [2.45, 2.75) is 58.6 Å². The number of nitrogens with one attached hydrogen (secondary N) is 2. The van der Waals surface area contributed by atoms with Gasteiger partial charge in [0.25, 0.3) is 0 Å². The Morgan fingerprint density at radius 3 is 2.34 bits per heavy atom.